The summed E-state index contributed by atoms with van der Waals surface area (Å²) >= 11 is 1.51. The van der Waals surface area contributed by atoms with Crippen molar-refractivity contribution in [3.8, 4) is 0 Å². The molecule has 1 aromatic rings. The molecule has 1 aromatic heterocycles. The molecule has 3 rings (SSSR count). The van der Waals surface area contributed by atoms with Gasteiger partial charge >= 0.3 is 0 Å². The molecule has 0 N–H and O–H groups in total. The molecule has 21 heavy (non-hydrogen) atoms. The summed E-state index contributed by atoms with van der Waals surface area (Å²) < 4.78 is 0. The Balaban J connectivity index is 1.71. The first-order valence-electron chi connectivity index (χ1n) is 7.66. The summed E-state index contributed by atoms with van der Waals surface area (Å²) in [5.41, 5.74) is 0.553. The monoisotopic (exact) mass is 307 g/mol. The van der Waals surface area contributed by atoms with E-state index >= 15 is 0 Å². The van der Waals surface area contributed by atoms with Crippen molar-refractivity contribution in [2.45, 2.75) is 45.1 Å². The Bertz CT molecular complexity index is 543. The number of hydrogen-bond donors (Lipinski definition) is 0. The lowest BCUT2D eigenvalue weighted by Gasteiger charge is -2.37. The lowest BCUT2D eigenvalue weighted by molar-refractivity contribution is -0.128. The Labute approximate surface area is 129 Å². The second-order valence-electron chi connectivity index (χ2n) is 5.84. The number of likely N-dealkylation sites (tertiary alicyclic amines) is 2. The number of hydrogen-bond acceptors (Lipinski definition) is 4. The highest BCUT2D eigenvalue weighted by atomic mass is 32.1. The molecule has 114 valence electrons. The van der Waals surface area contributed by atoms with Crippen molar-refractivity contribution in [2.24, 2.45) is 0 Å². The first-order chi connectivity index (χ1) is 10.1. The molecule has 6 heteroatoms. The van der Waals surface area contributed by atoms with Gasteiger partial charge < -0.3 is 9.80 Å². The van der Waals surface area contributed by atoms with Crippen molar-refractivity contribution in [3.63, 3.8) is 0 Å². The molecule has 5 nitrogen and oxygen atoms in total. The van der Waals surface area contributed by atoms with Gasteiger partial charge in [-0.1, -0.05) is 0 Å². The second kappa shape index (κ2) is 6.13. The quantitative estimate of drug-likeness (QED) is 0.859. The van der Waals surface area contributed by atoms with Crippen LogP contribution in [0.25, 0.3) is 0 Å². The van der Waals surface area contributed by atoms with E-state index in [2.05, 4.69) is 4.98 Å². The van der Waals surface area contributed by atoms with Crippen LogP contribution in [0.4, 0.5) is 0 Å². The molecule has 2 aliphatic heterocycles. The van der Waals surface area contributed by atoms with Crippen molar-refractivity contribution < 1.29 is 9.59 Å². The lowest BCUT2D eigenvalue weighted by atomic mass is 10.0. The molecule has 0 spiro atoms. The van der Waals surface area contributed by atoms with Crippen LogP contribution in [-0.2, 0) is 4.79 Å². The van der Waals surface area contributed by atoms with E-state index in [4.69, 9.17) is 0 Å². The summed E-state index contributed by atoms with van der Waals surface area (Å²) in [6.07, 6.45) is 4.77. The van der Waals surface area contributed by atoms with Gasteiger partial charge in [0.2, 0.25) is 5.91 Å². The van der Waals surface area contributed by atoms with Crippen molar-refractivity contribution >= 4 is 23.2 Å². The molecule has 0 aliphatic carbocycles. The SMILES string of the molecule is Cc1nc(C(=O)N2CCCCC2CN2CCCC2=O)cs1. The summed E-state index contributed by atoms with van der Waals surface area (Å²) in [6, 6.07) is 0.148. The van der Waals surface area contributed by atoms with E-state index in [1.807, 2.05) is 22.1 Å². The molecule has 0 saturated carbocycles. The topological polar surface area (TPSA) is 53.5 Å². The van der Waals surface area contributed by atoms with Crippen LogP contribution >= 0.6 is 11.3 Å². The fourth-order valence-electron chi connectivity index (χ4n) is 3.22. The van der Waals surface area contributed by atoms with Gasteiger partial charge in [-0.3, -0.25) is 9.59 Å². The number of rotatable bonds is 3. The van der Waals surface area contributed by atoms with E-state index < -0.39 is 0 Å². The largest absolute Gasteiger partial charge is 0.341 e. The van der Waals surface area contributed by atoms with Gasteiger partial charge in [0.1, 0.15) is 5.69 Å². The van der Waals surface area contributed by atoms with Crippen molar-refractivity contribution in [2.75, 3.05) is 19.6 Å². The summed E-state index contributed by atoms with van der Waals surface area (Å²) in [5.74, 6) is 0.258. The normalized spacial score (nSPS) is 22.9. The predicted octanol–water partition coefficient (Wildman–Crippen LogP) is 2.07. The molecular weight excluding hydrogens is 286 g/mol. The Hall–Kier alpha value is -1.43. The van der Waals surface area contributed by atoms with Crippen LogP contribution in [0.2, 0.25) is 0 Å². The minimum atomic E-state index is 0.0238. The Morgan fingerprint density at radius 2 is 2.24 bits per heavy atom. The first-order valence-corrected chi connectivity index (χ1v) is 8.54. The fraction of sp³-hybridized carbons (Fsp3) is 0.667. The number of piperidine rings is 1. The van der Waals surface area contributed by atoms with Gasteiger partial charge in [0.05, 0.1) is 5.01 Å². The van der Waals surface area contributed by atoms with Crippen LogP contribution in [0.15, 0.2) is 5.38 Å². The highest BCUT2D eigenvalue weighted by Crippen LogP contribution is 2.23. The molecule has 3 heterocycles. The molecular formula is C15H21N3O2S. The van der Waals surface area contributed by atoms with Crippen LogP contribution in [0.5, 0.6) is 0 Å². The van der Waals surface area contributed by atoms with Gasteiger partial charge in [-0.2, -0.15) is 0 Å². The average molecular weight is 307 g/mol. The van der Waals surface area contributed by atoms with Gasteiger partial charge in [0.25, 0.3) is 5.91 Å². The summed E-state index contributed by atoms with van der Waals surface area (Å²) in [6.45, 7) is 4.22. The number of carbonyl (C=O) groups excluding carboxylic acids is 2. The zero-order chi connectivity index (χ0) is 14.8. The third kappa shape index (κ3) is 3.10. The molecule has 1 atom stereocenters. The highest BCUT2D eigenvalue weighted by Gasteiger charge is 2.32. The van der Waals surface area contributed by atoms with Crippen LogP contribution in [0.1, 0.15) is 47.6 Å². The summed E-state index contributed by atoms with van der Waals surface area (Å²) in [7, 11) is 0. The number of nitrogens with zero attached hydrogens (tertiary/aromatic N) is 3. The molecule has 2 aliphatic rings. The standard InChI is InChI=1S/C15H21N3O2S/c1-11-16-13(10-21-11)15(20)18-8-3-2-5-12(18)9-17-7-4-6-14(17)19/h10,12H,2-9H2,1H3. The van der Waals surface area contributed by atoms with Gasteiger partial charge in [-0.15, -0.1) is 11.3 Å². The van der Waals surface area contributed by atoms with Crippen molar-refractivity contribution in [1.82, 2.24) is 14.8 Å². The molecule has 2 amide bonds. The van der Waals surface area contributed by atoms with Crippen molar-refractivity contribution in [1.29, 1.82) is 0 Å². The number of aromatic nitrogens is 1. The van der Waals surface area contributed by atoms with Crippen LogP contribution in [-0.4, -0.2) is 52.3 Å². The second-order valence-corrected chi connectivity index (χ2v) is 6.91. The number of carbonyl (C=O) groups is 2. The number of thiazole rings is 1. The zero-order valence-electron chi connectivity index (χ0n) is 12.4. The Morgan fingerprint density at radius 1 is 1.38 bits per heavy atom. The lowest BCUT2D eigenvalue weighted by Crippen LogP contribution is -2.49. The van der Waals surface area contributed by atoms with Crippen LogP contribution in [0, 0.1) is 6.92 Å². The fourth-order valence-corrected chi connectivity index (χ4v) is 3.80. The van der Waals surface area contributed by atoms with Crippen molar-refractivity contribution in [3.05, 3.63) is 16.1 Å². The highest BCUT2D eigenvalue weighted by molar-refractivity contribution is 7.09. The molecule has 0 bridgehead atoms. The van der Waals surface area contributed by atoms with Gasteiger partial charge in [0.15, 0.2) is 0 Å². The van der Waals surface area contributed by atoms with Gasteiger partial charge in [-0.05, 0) is 32.6 Å². The number of amides is 2. The Morgan fingerprint density at radius 3 is 2.90 bits per heavy atom. The van der Waals surface area contributed by atoms with Gasteiger partial charge in [0, 0.05) is 37.5 Å². The molecule has 0 aromatic carbocycles. The van der Waals surface area contributed by atoms with E-state index in [1.54, 1.807) is 0 Å². The minimum Gasteiger partial charge on any atom is -0.341 e. The third-order valence-electron chi connectivity index (χ3n) is 4.33. The molecule has 2 fully saturated rings. The van der Waals surface area contributed by atoms with Crippen LogP contribution in [0.3, 0.4) is 0 Å². The van der Waals surface area contributed by atoms with E-state index in [0.29, 0.717) is 18.7 Å². The van der Waals surface area contributed by atoms with Crippen LogP contribution < -0.4 is 0 Å². The predicted molar refractivity (Wildman–Crippen MR) is 81.3 cm³/mol. The van der Waals surface area contributed by atoms with Gasteiger partial charge in [-0.25, -0.2) is 4.98 Å². The maximum atomic E-state index is 12.6. The number of aryl methyl sites for hydroxylation is 1. The maximum Gasteiger partial charge on any atom is 0.273 e. The maximum absolute atomic E-state index is 12.6. The molecule has 2 saturated heterocycles. The van der Waals surface area contributed by atoms with E-state index in [1.165, 1.54) is 11.3 Å². The molecule has 1 unspecified atom stereocenters. The molecule has 0 radical (unpaired) electrons. The summed E-state index contributed by atoms with van der Waals surface area (Å²) in [4.78, 5) is 32.6. The van der Waals surface area contributed by atoms with E-state index in [0.717, 1.165) is 43.8 Å². The minimum absolute atomic E-state index is 0.0238. The summed E-state index contributed by atoms with van der Waals surface area (Å²) in [5, 5.41) is 2.76. The third-order valence-corrected chi connectivity index (χ3v) is 5.10. The van der Waals surface area contributed by atoms with E-state index in [9.17, 15) is 9.59 Å². The Kier molecular flexibility index (Phi) is 4.24. The zero-order valence-corrected chi connectivity index (χ0v) is 13.2. The van der Waals surface area contributed by atoms with E-state index in [-0.39, 0.29) is 17.9 Å². The average Bonchev–Trinajstić information content (AvgIpc) is 3.08. The smallest absolute Gasteiger partial charge is 0.273 e. The first kappa shape index (κ1) is 14.5.